The summed E-state index contributed by atoms with van der Waals surface area (Å²) in [4.78, 5) is 12.3. The van der Waals surface area contributed by atoms with Gasteiger partial charge in [0.15, 0.2) is 6.10 Å². The van der Waals surface area contributed by atoms with Gasteiger partial charge >= 0.3 is 12.1 Å². The smallest absolute Gasteiger partial charge is 0.414 e. The molecule has 0 aromatic heterocycles. The van der Waals surface area contributed by atoms with Gasteiger partial charge in [0.2, 0.25) is 0 Å². The van der Waals surface area contributed by atoms with Crippen LogP contribution in [0.5, 0.6) is 0 Å². The average molecular weight is 311 g/mol. The van der Waals surface area contributed by atoms with Gasteiger partial charge < -0.3 is 9.47 Å². The maximum atomic E-state index is 12.6. The Balaban J connectivity index is 2.81. The fourth-order valence-electron chi connectivity index (χ4n) is 2.15. The number of carbonyl (C=O) groups is 1. The van der Waals surface area contributed by atoms with Gasteiger partial charge in [-0.15, -0.1) is 0 Å². The molecule has 0 aliphatic heterocycles. The van der Waals surface area contributed by atoms with Crippen molar-refractivity contribution in [3.63, 3.8) is 0 Å². The number of alkyl halides is 3. The van der Waals surface area contributed by atoms with Crippen molar-refractivity contribution < 1.29 is 27.4 Å². The SMILES string of the molecule is CCCNC(COC(C)C(F)(F)F)(C(=O)OCC)C1CC1. The molecular weight excluding hydrogens is 287 g/mol. The second-order valence-electron chi connectivity index (χ2n) is 5.39. The summed E-state index contributed by atoms with van der Waals surface area (Å²) in [6.07, 6.45) is -4.00. The van der Waals surface area contributed by atoms with Crippen LogP contribution in [0.15, 0.2) is 0 Å². The molecule has 2 atom stereocenters. The third-order valence-corrected chi connectivity index (χ3v) is 3.63. The van der Waals surface area contributed by atoms with Crippen molar-refractivity contribution in [2.24, 2.45) is 5.92 Å². The molecule has 124 valence electrons. The molecule has 0 heterocycles. The molecule has 0 aromatic carbocycles. The van der Waals surface area contributed by atoms with Crippen molar-refractivity contribution in [2.75, 3.05) is 19.8 Å². The summed E-state index contributed by atoms with van der Waals surface area (Å²) in [5, 5.41) is 3.07. The largest absolute Gasteiger partial charge is 0.465 e. The number of rotatable bonds is 9. The van der Waals surface area contributed by atoms with Gasteiger partial charge in [-0.1, -0.05) is 6.92 Å². The Morgan fingerprint density at radius 1 is 1.33 bits per heavy atom. The highest BCUT2D eigenvalue weighted by atomic mass is 19.4. The Morgan fingerprint density at radius 2 is 1.95 bits per heavy atom. The van der Waals surface area contributed by atoms with Gasteiger partial charge in [-0.3, -0.25) is 5.32 Å². The maximum absolute atomic E-state index is 12.6. The van der Waals surface area contributed by atoms with E-state index in [-0.39, 0.29) is 19.1 Å². The maximum Gasteiger partial charge on any atom is 0.414 e. The lowest BCUT2D eigenvalue weighted by Gasteiger charge is -2.33. The van der Waals surface area contributed by atoms with Crippen LogP contribution in [0.3, 0.4) is 0 Å². The van der Waals surface area contributed by atoms with Gasteiger partial charge in [0.05, 0.1) is 13.2 Å². The first-order valence-corrected chi connectivity index (χ1v) is 7.38. The van der Waals surface area contributed by atoms with Crippen LogP contribution in [-0.4, -0.2) is 43.5 Å². The fourth-order valence-corrected chi connectivity index (χ4v) is 2.15. The van der Waals surface area contributed by atoms with Gasteiger partial charge in [0.1, 0.15) is 5.54 Å². The summed E-state index contributed by atoms with van der Waals surface area (Å²) in [5.74, 6) is -0.543. The third-order valence-electron chi connectivity index (χ3n) is 3.63. The minimum Gasteiger partial charge on any atom is -0.465 e. The second kappa shape index (κ2) is 7.45. The predicted octanol–water partition coefficient (Wildman–Crippen LogP) is 2.67. The van der Waals surface area contributed by atoms with E-state index in [1.807, 2.05) is 6.92 Å². The van der Waals surface area contributed by atoms with Crippen molar-refractivity contribution in [1.82, 2.24) is 5.32 Å². The van der Waals surface area contributed by atoms with Crippen molar-refractivity contribution in [3.05, 3.63) is 0 Å². The zero-order valence-corrected chi connectivity index (χ0v) is 12.8. The zero-order valence-electron chi connectivity index (χ0n) is 12.8. The number of hydrogen-bond donors (Lipinski definition) is 1. The summed E-state index contributed by atoms with van der Waals surface area (Å²) in [6, 6.07) is 0. The summed E-state index contributed by atoms with van der Waals surface area (Å²) in [5.41, 5.74) is -1.16. The Bertz CT molecular complexity index is 345. The van der Waals surface area contributed by atoms with Crippen LogP contribution < -0.4 is 5.32 Å². The minimum absolute atomic E-state index is 0.0245. The molecule has 1 saturated carbocycles. The number of ether oxygens (including phenoxy) is 2. The molecule has 0 bridgehead atoms. The molecule has 7 heteroatoms. The molecule has 1 N–H and O–H groups in total. The summed E-state index contributed by atoms with van der Waals surface area (Å²) >= 11 is 0. The molecule has 0 amide bonds. The van der Waals surface area contributed by atoms with E-state index in [0.29, 0.717) is 6.54 Å². The highest BCUT2D eigenvalue weighted by molar-refractivity contribution is 5.82. The summed E-state index contributed by atoms with van der Waals surface area (Å²) in [7, 11) is 0. The molecule has 1 fully saturated rings. The highest BCUT2D eigenvalue weighted by Gasteiger charge is 2.53. The number of esters is 1. The van der Waals surface area contributed by atoms with Crippen LogP contribution in [0.2, 0.25) is 0 Å². The van der Waals surface area contributed by atoms with Crippen LogP contribution >= 0.6 is 0 Å². The topological polar surface area (TPSA) is 47.6 Å². The first-order chi connectivity index (χ1) is 9.78. The number of carbonyl (C=O) groups excluding carboxylic acids is 1. The molecule has 1 aliphatic carbocycles. The van der Waals surface area contributed by atoms with E-state index in [2.05, 4.69) is 5.32 Å². The molecule has 2 unspecified atom stereocenters. The summed E-state index contributed by atoms with van der Waals surface area (Å²) in [6.45, 7) is 4.94. The second-order valence-corrected chi connectivity index (χ2v) is 5.39. The van der Waals surface area contributed by atoms with E-state index in [0.717, 1.165) is 26.2 Å². The van der Waals surface area contributed by atoms with Crippen LogP contribution in [0.1, 0.15) is 40.0 Å². The van der Waals surface area contributed by atoms with Gasteiger partial charge in [-0.25, -0.2) is 4.79 Å². The lowest BCUT2D eigenvalue weighted by atomic mass is 9.93. The normalized spacial score (nSPS) is 19.9. The van der Waals surface area contributed by atoms with Crippen LogP contribution in [0.25, 0.3) is 0 Å². The van der Waals surface area contributed by atoms with Crippen LogP contribution in [0, 0.1) is 5.92 Å². The first-order valence-electron chi connectivity index (χ1n) is 7.38. The molecular formula is C14H24F3NO3. The third kappa shape index (κ3) is 4.85. The van der Waals surface area contributed by atoms with Crippen LogP contribution in [0.4, 0.5) is 13.2 Å². The molecule has 0 spiro atoms. The van der Waals surface area contributed by atoms with E-state index < -0.39 is 23.8 Å². The fraction of sp³-hybridized carbons (Fsp3) is 0.929. The van der Waals surface area contributed by atoms with Crippen molar-refractivity contribution in [1.29, 1.82) is 0 Å². The average Bonchev–Trinajstić information content (AvgIpc) is 3.23. The van der Waals surface area contributed by atoms with E-state index in [9.17, 15) is 18.0 Å². The Hall–Kier alpha value is -0.820. The molecule has 0 aromatic rings. The first kappa shape index (κ1) is 18.2. The molecule has 1 aliphatic rings. The van der Waals surface area contributed by atoms with Crippen molar-refractivity contribution in [2.45, 2.75) is 57.9 Å². The predicted molar refractivity (Wildman–Crippen MR) is 71.9 cm³/mol. The molecule has 0 saturated heterocycles. The van der Waals surface area contributed by atoms with Gasteiger partial charge in [0, 0.05) is 0 Å². The van der Waals surface area contributed by atoms with E-state index in [4.69, 9.17) is 9.47 Å². The lowest BCUT2D eigenvalue weighted by molar-refractivity contribution is -0.221. The van der Waals surface area contributed by atoms with Crippen molar-refractivity contribution in [3.8, 4) is 0 Å². The van der Waals surface area contributed by atoms with Gasteiger partial charge in [-0.05, 0) is 45.6 Å². The van der Waals surface area contributed by atoms with Gasteiger partial charge in [-0.2, -0.15) is 13.2 Å². The van der Waals surface area contributed by atoms with Crippen LogP contribution in [-0.2, 0) is 14.3 Å². The van der Waals surface area contributed by atoms with E-state index in [1.165, 1.54) is 0 Å². The molecule has 0 radical (unpaired) electrons. The lowest BCUT2D eigenvalue weighted by Crippen LogP contribution is -2.59. The van der Waals surface area contributed by atoms with E-state index in [1.54, 1.807) is 6.92 Å². The number of hydrogen-bond acceptors (Lipinski definition) is 4. The standard InChI is InChI=1S/C14H24F3NO3/c1-4-8-18-13(11-6-7-11,12(19)20-5-2)9-21-10(3)14(15,16)17/h10-11,18H,4-9H2,1-3H3. The summed E-state index contributed by atoms with van der Waals surface area (Å²) < 4.78 is 47.8. The van der Waals surface area contributed by atoms with Crippen molar-refractivity contribution >= 4 is 5.97 Å². The zero-order chi connectivity index (χ0) is 16.1. The highest BCUT2D eigenvalue weighted by Crippen LogP contribution is 2.41. The Kier molecular flexibility index (Phi) is 6.46. The van der Waals surface area contributed by atoms with Gasteiger partial charge in [0.25, 0.3) is 0 Å². The molecule has 1 rings (SSSR count). The molecule has 4 nitrogen and oxygen atoms in total. The Morgan fingerprint density at radius 3 is 2.38 bits per heavy atom. The minimum atomic E-state index is -4.44. The quantitative estimate of drug-likeness (QED) is 0.665. The monoisotopic (exact) mass is 311 g/mol. The molecule has 21 heavy (non-hydrogen) atoms. The number of nitrogens with one attached hydrogen (secondary N) is 1. The Labute approximate surface area is 123 Å². The number of halogens is 3. The van der Waals surface area contributed by atoms with E-state index >= 15 is 0 Å².